The number of hydrogen-bond donors (Lipinski definition) is 3. The van der Waals surface area contributed by atoms with Crippen LogP contribution in [0.25, 0.3) is 0 Å². The van der Waals surface area contributed by atoms with Crippen LogP contribution in [-0.4, -0.2) is 77.1 Å². The minimum atomic E-state index is -0.805. The molecule has 10 nitrogen and oxygen atoms in total. The quantitative estimate of drug-likeness (QED) is 0.368. The summed E-state index contributed by atoms with van der Waals surface area (Å²) in [6.45, 7) is 1.11. The van der Waals surface area contributed by atoms with Crippen LogP contribution in [-0.2, 0) is 20.9 Å². The Morgan fingerprint density at radius 2 is 1.98 bits per heavy atom. The molecule has 4 atom stereocenters. The molecule has 4 N–H and O–H groups in total. The average Bonchev–Trinajstić information content (AvgIpc) is 3.29. The van der Waals surface area contributed by atoms with Crippen molar-refractivity contribution in [3.63, 3.8) is 0 Å². The Labute approximate surface area is 247 Å². The molecule has 2 aromatic rings. The van der Waals surface area contributed by atoms with Crippen molar-refractivity contribution in [2.75, 3.05) is 19.7 Å². The first-order chi connectivity index (χ1) is 19.7. The molecule has 0 aromatic heterocycles. The highest BCUT2D eigenvalue weighted by atomic mass is 35.5. The lowest BCUT2D eigenvalue weighted by Gasteiger charge is -2.32. The fraction of sp³-hybridized carbons (Fsp3) is 0.429. The molecular weight excluding hydrogens is 576 g/mol. The van der Waals surface area contributed by atoms with Crippen molar-refractivity contribution in [3.8, 4) is 11.8 Å². The van der Waals surface area contributed by atoms with E-state index in [-0.39, 0.29) is 55.6 Å². The van der Waals surface area contributed by atoms with E-state index < -0.39 is 12.1 Å². The Bertz CT molecular complexity index is 1250. The molecule has 0 bridgehead atoms. The lowest BCUT2D eigenvalue weighted by Crippen LogP contribution is -2.53. The number of carboxylic acid groups (broad SMARTS) is 1. The van der Waals surface area contributed by atoms with Crippen molar-refractivity contribution in [1.29, 1.82) is 5.26 Å². The van der Waals surface area contributed by atoms with E-state index in [2.05, 4.69) is 16.3 Å². The van der Waals surface area contributed by atoms with Gasteiger partial charge in [-0.25, -0.2) is 4.39 Å². The van der Waals surface area contributed by atoms with E-state index in [1.807, 2.05) is 0 Å². The molecule has 4 rings (SSSR count). The highest BCUT2D eigenvalue weighted by Gasteiger charge is 2.45. The number of rotatable bonds is 9. The van der Waals surface area contributed by atoms with Crippen molar-refractivity contribution < 1.29 is 28.6 Å². The average molecular weight is 608 g/mol. The van der Waals surface area contributed by atoms with Crippen molar-refractivity contribution in [2.24, 2.45) is 5.73 Å². The number of halogens is 3. The van der Waals surface area contributed by atoms with Gasteiger partial charge < -0.3 is 25.8 Å². The van der Waals surface area contributed by atoms with E-state index in [9.17, 15) is 19.2 Å². The number of carbonyl (C=O) groups excluding carboxylic acids is 2. The standard InChI is InChI=1S/C27H30Cl2FN5O3.CH2O2/c28-22-8-3-17(12-23(22)29)14-33-26(36)24(2-1-10-31)34-11-9-20(16-38-21-6-4-18(30)5-7-21)35-15-19(32)13-25(35)27(34)37;2-1-3/h3-8,12,19-20,24-25H,1-2,9,11,13-16,32H2,(H,33,36);1H,(H,2,3)/t19-,20?,24-,25+;/m1./s1. The summed E-state index contributed by atoms with van der Waals surface area (Å²) >= 11 is 12.1. The van der Waals surface area contributed by atoms with Crippen molar-refractivity contribution >= 4 is 41.5 Å². The van der Waals surface area contributed by atoms with Gasteiger partial charge in [0.15, 0.2) is 0 Å². The molecule has 2 fully saturated rings. The van der Waals surface area contributed by atoms with Crippen molar-refractivity contribution in [3.05, 3.63) is 63.9 Å². The summed E-state index contributed by atoms with van der Waals surface area (Å²) < 4.78 is 19.2. The molecule has 0 saturated carbocycles. The number of hydrogen-bond acceptors (Lipinski definition) is 7. The van der Waals surface area contributed by atoms with Crippen LogP contribution in [0.5, 0.6) is 5.75 Å². The molecule has 2 saturated heterocycles. The molecule has 2 amide bonds. The van der Waals surface area contributed by atoms with Gasteiger partial charge in [-0.1, -0.05) is 29.3 Å². The van der Waals surface area contributed by atoms with Gasteiger partial charge >= 0.3 is 0 Å². The summed E-state index contributed by atoms with van der Waals surface area (Å²) in [5, 5.41) is 19.8. The van der Waals surface area contributed by atoms with Gasteiger partial charge in [0.1, 0.15) is 24.2 Å². The molecular formula is C28H32Cl2FN5O5. The molecule has 0 aliphatic carbocycles. The van der Waals surface area contributed by atoms with Crippen LogP contribution in [0.4, 0.5) is 4.39 Å². The lowest BCUT2D eigenvalue weighted by atomic mass is 10.1. The molecule has 0 radical (unpaired) electrons. The monoisotopic (exact) mass is 607 g/mol. The van der Waals surface area contributed by atoms with E-state index in [4.69, 9.17) is 43.6 Å². The highest BCUT2D eigenvalue weighted by molar-refractivity contribution is 6.42. The summed E-state index contributed by atoms with van der Waals surface area (Å²) in [4.78, 5) is 39.1. The summed E-state index contributed by atoms with van der Waals surface area (Å²) in [5.74, 6) is -0.323. The second-order valence-corrected chi connectivity index (χ2v) is 10.5. The molecule has 2 heterocycles. The zero-order valence-corrected chi connectivity index (χ0v) is 23.7. The predicted molar refractivity (Wildman–Crippen MR) is 151 cm³/mol. The molecule has 0 spiro atoms. The molecule has 2 aliphatic heterocycles. The van der Waals surface area contributed by atoms with Crippen LogP contribution in [0.1, 0.15) is 31.2 Å². The molecule has 220 valence electrons. The number of ether oxygens (including phenoxy) is 1. The molecule has 2 aromatic carbocycles. The summed E-state index contributed by atoms with van der Waals surface area (Å²) in [7, 11) is 0. The Hall–Kier alpha value is -3.43. The first-order valence-corrected chi connectivity index (χ1v) is 13.8. The van der Waals surface area contributed by atoms with E-state index in [0.29, 0.717) is 48.3 Å². The first kappa shape index (κ1) is 32.1. The maximum atomic E-state index is 13.7. The Morgan fingerprint density at radius 1 is 1.27 bits per heavy atom. The number of nitriles is 1. The van der Waals surface area contributed by atoms with E-state index >= 15 is 0 Å². The number of nitrogens with two attached hydrogens (primary N) is 1. The lowest BCUT2D eigenvalue weighted by molar-refractivity contribution is -0.143. The van der Waals surface area contributed by atoms with Gasteiger partial charge in [0.2, 0.25) is 11.8 Å². The zero-order valence-electron chi connectivity index (χ0n) is 22.2. The van der Waals surface area contributed by atoms with Crippen LogP contribution >= 0.6 is 23.2 Å². The van der Waals surface area contributed by atoms with Gasteiger partial charge in [-0.3, -0.25) is 19.3 Å². The van der Waals surface area contributed by atoms with Crippen LogP contribution in [0.3, 0.4) is 0 Å². The Kier molecular flexibility index (Phi) is 12.2. The Morgan fingerprint density at radius 3 is 2.63 bits per heavy atom. The minimum Gasteiger partial charge on any atom is -0.492 e. The summed E-state index contributed by atoms with van der Waals surface area (Å²) in [6.07, 6.45) is 1.36. The van der Waals surface area contributed by atoms with Crippen LogP contribution in [0.2, 0.25) is 10.0 Å². The molecule has 2 aliphatic rings. The second-order valence-electron chi connectivity index (χ2n) is 9.73. The highest BCUT2D eigenvalue weighted by Crippen LogP contribution is 2.29. The number of carbonyl (C=O) groups is 3. The normalized spacial score (nSPS) is 21.0. The van der Waals surface area contributed by atoms with E-state index in [1.165, 1.54) is 12.1 Å². The zero-order chi connectivity index (χ0) is 29.9. The fourth-order valence-electron chi connectivity index (χ4n) is 5.09. The number of fused-ring (bicyclic) bond motifs is 1. The van der Waals surface area contributed by atoms with Gasteiger partial charge in [0.25, 0.3) is 6.47 Å². The molecule has 41 heavy (non-hydrogen) atoms. The van der Waals surface area contributed by atoms with Crippen LogP contribution in [0, 0.1) is 17.1 Å². The first-order valence-electron chi connectivity index (χ1n) is 13.0. The third-order valence-electron chi connectivity index (χ3n) is 7.03. The van der Waals surface area contributed by atoms with E-state index in [0.717, 1.165) is 5.56 Å². The summed E-state index contributed by atoms with van der Waals surface area (Å²) in [6, 6.07) is 11.4. The smallest absolute Gasteiger partial charge is 0.290 e. The second kappa shape index (κ2) is 15.5. The van der Waals surface area contributed by atoms with Gasteiger partial charge in [-0.2, -0.15) is 5.26 Å². The predicted octanol–water partition coefficient (Wildman–Crippen LogP) is 3.20. The molecule has 13 heteroatoms. The van der Waals surface area contributed by atoms with Gasteiger partial charge in [-0.05, 0) is 61.2 Å². The topological polar surface area (TPSA) is 149 Å². The Balaban J connectivity index is 0.00000147. The number of nitrogens with zero attached hydrogens (tertiary/aromatic N) is 3. The largest absolute Gasteiger partial charge is 0.492 e. The van der Waals surface area contributed by atoms with Gasteiger partial charge in [0.05, 0.1) is 22.2 Å². The van der Waals surface area contributed by atoms with Crippen molar-refractivity contribution in [2.45, 2.75) is 56.4 Å². The van der Waals surface area contributed by atoms with Crippen LogP contribution in [0.15, 0.2) is 42.5 Å². The van der Waals surface area contributed by atoms with E-state index in [1.54, 1.807) is 35.2 Å². The van der Waals surface area contributed by atoms with Gasteiger partial charge in [-0.15, -0.1) is 0 Å². The number of amides is 2. The minimum absolute atomic E-state index is 0.122. The third-order valence-corrected chi connectivity index (χ3v) is 7.77. The van der Waals surface area contributed by atoms with Crippen LogP contribution < -0.4 is 15.8 Å². The maximum Gasteiger partial charge on any atom is 0.290 e. The third kappa shape index (κ3) is 8.78. The number of nitrogens with one attached hydrogen (secondary N) is 1. The van der Waals surface area contributed by atoms with Gasteiger partial charge in [0, 0.05) is 38.1 Å². The SMILES string of the molecule is N#CCC[C@H](C(=O)NCc1ccc(Cl)c(Cl)c1)N1CCC(COc2ccc(F)cc2)N2C[C@H](N)C[C@H]2C1=O.O=CO. The fourth-order valence-corrected chi connectivity index (χ4v) is 5.42. The number of benzene rings is 2. The maximum absolute atomic E-state index is 13.7. The van der Waals surface area contributed by atoms with Crippen molar-refractivity contribution in [1.82, 2.24) is 15.1 Å². The molecule has 1 unspecified atom stereocenters. The summed E-state index contributed by atoms with van der Waals surface area (Å²) in [5.41, 5.74) is 7.02.